The van der Waals surface area contributed by atoms with Crippen LogP contribution in [-0.4, -0.2) is 54.5 Å². The van der Waals surface area contributed by atoms with Crippen LogP contribution in [-0.2, 0) is 14.8 Å². The van der Waals surface area contributed by atoms with Crippen LogP contribution in [0.2, 0.25) is 0 Å². The van der Waals surface area contributed by atoms with Gasteiger partial charge in [0.2, 0.25) is 10.0 Å². The molecule has 0 radical (unpaired) electrons. The van der Waals surface area contributed by atoms with E-state index in [1.807, 2.05) is 4.72 Å². The zero-order valence-corrected chi connectivity index (χ0v) is 13.2. The maximum absolute atomic E-state index is 12.1. The highest BCUT2D eigenvalue weighted by Gasteiger charge is 2.34. The Labute approximate surface area is 133 Å². The van der Waals surface area contributed by atoms with Crippen molar-refractivity contribution in [1.82, 2.24) is 9.62 Å². The summed E-state index contributed by atoms with van der Waals surface area (Å²) >= 11 is 0. The number of nitrogens with one attached hydrogen (secondary N) is 1. The van der Waals surface area contributed by atoms with E-state index in [4.69, 9.17) is 5.11 Å². The third-order valence-corrected chi connectivity index (χ3v) is 4.94. The predicted molar refractivity (Wildman–Crippen MR) is 80.4 cm³/mol. The fraction of sp³-hybridized carbons (Fsp3) is 0.357. The van der Waals surface area contributed by atoms with Crippen LogP contribution in [0, 0.1) is 0 Å². The lowest BCUT2D eigenvalue weighted by atomic mass is 10.1. The molecule has 124 valence electrons. The van der Waals surface area contributed by atoms with E-state index in [2.05, 4.69) is 0 Å². The van der Waals surface area contributed by atoms with Crippen LogP contribution in [0.15, 0.2) is 24.3 Å². The average Bonchev–Trinajstić information content (AvgIpc) is 2.72. The molecule has 23 heavy (non-hydrogen) atoms. The lowest BCUT2D eigenvalue weighted by Crippen LogP contribution is -2.40. The van der Waals surface area contributed by atoms with Crippen molar-refractivity contribution in [3.63, 3.8) is 0 Å². The molecular weight excluding hydrogens is 324 g/mol. The van der Waals surface area contributed by atoms with Gasteiger partial charge in [-0.2, -0.15) is 0 Å². The quantitative estimate of drug-likeness (QED) is 0.677. The first kappa shape index (κ1) is 17.1. The summed E-state index contributed by atoms with van der Waals surface area (Å²) in [6, 6.07) is 5.15. The minimum Gasteiger partial charge on any atom is -0.480 e. The Morgan fingerprint density at radius 3 is 2.22 bits per heavy atom. The second-order valence-electron chi connectivity index (χ2n) is 5.16. The molecule has 1 aliphatic heterocycles. The number of aliphatic carboxylic acids is 1. The third-order valence-electron chi connectivity index (χ3n) is 3.40. The Balaban J connectivity index is 1.94. The van der Waals surface area contributed by atoms with Crippen LogP contribution < -0.4 is 4.72 Å². The third kappa shape index (κ3) is 3.74. The van der Waals surface area contributed by atoms with Crippen molar-refractivity contribution in [2.45, 2.75) is 19.4 Å². The van der Waals surface area contributed by atoms with Crippen molar-refractivity contribution in [3.05, 3.63) is 35.4 Å². The van der Waals surface area contributed by atoms with Gasteiger partial charge in [0.15, 0.2) is 0 Å². The molecule has 2 rings (SSSR count). The minimum absolute atomic E-state index is 0.0210. The van der Waals surface area contributed by atoms with E-state index < -0.39 is 33.8 Å². The van der Waals surface area contributed by atoms with Crippen LogP contribution in [0.5, 0.6) is 0 Å². The van der Waals surface area contributed by atoms with Gasteiger partial charge in [-0.25, -0.2) is 13.1 Å². The van der Waals surface area contributed by atoms with E-state index >= 15 is 0 Å². The Bertz CT molecular complexity index is 723. The number of nitrogens with zero attached hydrogens (tertiary/aromatic N) is 1. The van der Waals surface area contributed by atoms with Crippen LogP contribution >= 0.6 is 0 Å². The summed E-state index contributed by atoms with van der Waals surface area (Å²) in [6.07, 6.45) is 0.0210. The smallest absolute Gasteiger partial charge is 0.321 e. The molecular formula is C14H16N2O6S. The van der Waals surface area contributed by atoms with Crippen molar-refractivity contribution in [2.24, 2.45) is 0 Å². The van der Waals surface area contributed by atoms with Gasteiger partial charge in [-0.1, -0.05) is 12.1 Å². The Morgan fingerprint density at radius 1 is 1.22 bits per heavy atom. The number of carboxylic acid groups (broad SMARTS) is 1. The number of hydrogen-bond acceptors (Lipinski definition) is 5. The first-order valence-corrected chi connectivity index (χ1v) is 8.56. The van der Waals surface area contributed by atoms with Crippen molar-refractivity contribution < 1.29 is 27.9 Å². The number of carbonyl (C=O) groups excluding carboxylic acids is 2. The highest BCUT2D eigenvalue weighted by atomic mass is 32.2. The molecule has 1 aliphatic rings. The SMILES string of the molecule is C[C@H](NS(=O)(=O)CCCN1C(=O)c2ccccc2C1=O)C(=O)O. The monoisotopic (exact) mass is 340 g/mol. The summed E-state index contributed by atoms with van der Waals surface area (Å²) in [4.78, 5) is 35.8. The molecule has 0 unspecified atom stereocenters. The molecule has 1 aromatic carbocycles. The summed E-state index contributed by atoms with van der Waals surface area (Å²) in [5, 5.41) is 8.69. The topological polar surface area (TPSA) is 121 Å². The maximum atomic E-state index is 12.1. The average molecular weight is 340 g/mol. The van der Waals surface area contributed by atoms with Crippen LogP contribution in [0.1, 0.15) is 34.1 Å². The van der Waals surface area contributed by atoms with Gasteiger partial charge in [0.1, 0.15) is 6.04 Å². The molecule has 1 atom stereocenters. The normalized spacial score (nSPS) is 15.6. The highest BCUT2D eigenvalue weighted by Crippen LogP contribution is 2.22. The van der Waals surface area contributed by atoms with Gasteiger partial charge in [-0.05, 0) is 25.5 Å². The number of imide groups is 1. The largest absolute Gasteiger partial charge is 0.480 e. The molecule has 0 bridgehead atoms. The van der Waals surface area contributed by atoms with E-state index in [9.17, 15) is 22.8 Å². The zero-order valence-electron chi connectivity index (χ0n) is 12.4. The predicted octanol–water partition coefficient (Wildman–Crippen LogP) is 0.0652. The molecule has 0 saturated carbocycles. The van der Waals surface area contributed by atoms with Gasteiger partial charge < -0.3 is 5.11 Å². The molecule has 0 aromatic heterocycles. The molecule has 2 amide bonds. The molecule has 0 spiro atoms. The number of benzene rings is 1. The van der Waals surface area contributed by atoms with Gasteiger partial charge in [-0.3, -0.25) is 19.3 Å². The molecule has 1 heterocycles. The van der Waals surface area contributed by atoms with E-state index in [0.717, 1.165) is 4.90 Å². The minimum atomic E-state index is -3.80. The second-order valence-corrected chi connectivity index (χ2v) is 7.03. The fourth-order valence-electron chi connectivity index (χ4n) is 2.23. The summed E-state index contributed by atoms with van der Waals surface area (Å²) in [5.41, 5.74) is 0.607. The summed E-state index contributed by atoms with van der Waals surface area (Å²) in [7, 11) is -3.80. The number of hydrogen-bond donors (Lipinski definition) is 2. The first-order valence-electron chi connectivity index (χ1n) is 6.91. The molecule has 0 saturated heterocycles. The van der Waals surface area contributed by atoms with Crippen molar-refractivity contribution >= 4 is 27.8 Å². The van der Waals surface area contributed by atoms with E-state index in [1.165, 1.54) is 6.92 Å². The highest BCUT2D eigenvalue weighted by molar-refractivity contribution is 7.89. The van der Waals surface area contributed by atoms with Gasteiger partial charge >= 0.3 is 5.97 Å². The van der Waals surface area contributed by atoms with Crippen LogP contribution in [0.25, 0.3) is 0 Å². The molecule has 2 N–H and O–H groups in total. The molecule has 8 nitrogen and oxygen atoms in total. The van der Waals surface area contributed by atoms with E-state index in [0.29, 0.717) is 11.1 Å². The number of fused-ring (bicyclic) bond motifs is 1. The standard InChI is InChI=1S/C14H16N2O6S/c1-9(14(19)20)15-23(21,22)8-4-7-16-12(17)10-5-2-3-6-11(10)13(16)18/h2-3,5-6,9,15H,4,7-8H2,1H3,(H,19,20)/t9-/m0/s1. The van der Waals surface area contributed by atoms with Gasteiger partial charge in [-0.15, -0.1) is 0 Å². The zero-order chi connectivity index (χ0) is 17.2. The number of rotatable bonds is 7. The number of amides is 2. The van der Waals surface area contributed by atoms with Crippen molar-refractivity contribution in [3.8, 4) is 0 Å². The molecule has 0 aliphatic carbocycles. The van der Waals surface area contributed by atoms with Gasteiger partial charge in [0.25, 0.3) is 11.8 Å². The van der Waals surface area contributed by atoms with Gasteiger partial charge in [0, 0.05) is 6.54 Å². The number of carbonyl (C=O) groups is 3. The van der Waals surface area contributed by atoms with Crippen LogP contribution in [0.3, 0.4) is 0 Å². The lowest BCUT2D eigenvalue weighted by molar-refractivity contribution is -0.138. The van der Waals surface area contributed by atoms with Crippen molar-refractivity contribution in [1.29, 1.82) is 0 Å². The first-order chi connectivity index (χ1) is 10.7. The molecule has 9 heteroatoms. The maximum Gasteiger partial charge on any atom is 0.321 e. The summed E-state index contributed by atoms with van der Waals surface area (Å²) in [6.45, 7) is 1.17. The Hall–Kier alpha value is -2.26. The van der Waals surface area contributed by atoms with E-state index in [-0.39, 0.29) is 18.7 Å². The lowest BCUT2D eigenvalue weighted by Gasteiger charge is -2.14. The number of sulfonamides is 1. The fourth-order valence-corrected chi connectivity index (χ4v) is 3.50. The Kier molecular flexibility index (Phi) is 4.81. The number of carboxylic acids is 1. The van der Waals surface area contributed by atoms with E-state index in [1.54, 1.807) is 24.3 Å². The van der Waals surface area contributed by atoms with Gasteiger partial charge in [0.05, 0.1) is 16.9 Å². The molecule has 1 aromatic rings. The summed E-state index contributed by atoms with van der Waals surface area (Å²) < 4.78 is 25.5. The second kappa shape index (κ2) is 6.47. The Morgan fingerprint density at radius 2 is 1.74 bits per heavy atom. The molecule has 0 fully saturated rings. The van der Waals surface area contributed by atoms with Crippen molar-refractivity contribution in [2.75, 3.05) is 12.3 Å². The summed E-state index contributed by atoms with van der Waals surface area (Å²) in [5.74, 6) is -2.56. The van der Waals surface area contributed by atoms with Crippen LogP contribution in [0.4, 0.5) is 0 Å².